The molecule has 0 unspecified atom stereocenters. The molecule has 3 amide bonds. The third-order valence-corrected chi connectivity index (χ3v) is 6.53. The summed E-state index contributed by atoms with van der Waals surface area (Å²) in [5.41, 5.74) is 3.15. The van der Waals surface area contributed by atoms with E-state index in [0.717, 1.165) is 16.0 Å². The third kappa shape index (κ3) is 5.48. The summed E-state index contributed by atoms with van der Waals surface area (Å²) in [4.78, 5) is 54.5. The van der Waals surface area contributed by atoms with Crippen LogP contribution in [-0.2, 0) is 22.6 Å². The quantitative estimate of drug-likeness (QED) is 0.235. The normalized spacial score (nSPS) is 13.1. The summed E-state index contributed by atoms with van der Waals surface area (Å²) >= 11 is 0. The second-order valence-electron chi connectivity index (χ2n) is 9.25. The Morgan fingerprint density at radius 1 is 0.692 bits per heavy atom. The summed E-state index contributed by atoms with van der Waals surface area (Å²) in [5.74, 6) is -1.83. The first kappa shape index (κ1) is 25.6. The maximum atomic E-state index is 13.4. The number of benzene rings is 4. The minimum absolute atomic E-state index is 0.202. The highest BCUT2D eigenvalue weighted by atomic mass is 16.5. The lowest BCUT2D eigenvalue weighted by Gasteiger charge is -2.26. The number of nitrogens with zero attached hydrogens (tertiary/aromatic N) is 2. The van der Waals surface area contributed by atoms with E-state index in [-0.39, 0.29) is 11.5 Å². The molecular weight excluding hydrogens is 492 g/mol. The van der Waals surface area contributed by atoms with Crippen LogP contribution in [0.1, 0.15) is 49.1 Å². The van der Waals surface area contributed by atoms with E-state index in [9.17, 15) is 19.2 Å². The monoisotopic (exact) mass is 518 g/mol. The first-order chi connectivity index (χ1) is 18.9. The average Bonchev–Trinajstić information content (AvgIpc) is 3.23. The lowest BCUT2D eigenvalue weighted by atomic mass is 10.1. The number of esters is 1. The topological polar surface area (TPSA) is 84.0 Å². The molecule has 0 N–H and O–H groups in total. The molecule has 0 radical (unpaired) electrons. The number of amides is 3. The SMILES string of the molecule is C[C@H](OC(=O)c1ccc(N2C(=O)c3ccccc3C2=O)cc1)C(=O)N(Cc1ccccc1)Cc1ccccc1. The van der Waals surface area contributed by atoms with E-state index >= 15 is 0 Å². The molecule has 0 spiro atoms. The van der Waals surface area contributed by atoms with Gasteiger partial charge in [-0.05, 0) is 54.4 Å². The van der Waals surface area contributed by atoms with E-state index in [0.29, 0.717) is 29.9 Å². The molecular formula is C32H26N2O5. The van der Waals surface area contributed by atoms with E-state index in [1.54, 1.807) is 36.1 Å². The van der Waals surface area contributed by atoms with Crippen LogP contribution in [0.4, 0.5) is 5.69 Å². The Balaban J connectivity index is 1.27. The van der Waals surface area contributed by atoms with Gasteiger partial charge in [-0.3, -0.25) is 14.4 Å². The van der Waals surface area contributed by atoms with Gasteiger partial charge in [0.25, 0.3) is 17.7 Å². The lowest BCUT2D eigenvalue weighted by molar-refractivity contribution is -0.141. The van der Waals surface area contributed by atoms with Crippen LogP contribution in [0.5, 0.6) is 0 Å². The second-order valence-corrected chi connectivity index (χ2v) is 9.25. The lowest BCUT2D eigenvalue weighted by Crippen LogP contribution is -2.39. The summed E-state index contributed by atoms with van der Waals surface area (Å²) in [6.45, 7) is 2.28. The summed E-state index contributed by atoms with van der Waals surface area (Å²) in [5, 5.41) is 0. The molecule has 194 valence electrons. The van der Waals surface area contributed by atoms with Crippen LogP contribution in [0.15, 0.2) is 109 Å². The first-order valence-corrected chi connectivity index (χ1v) is 12.6. The number of carbonyl (C=O) groups is 4. The summed E-state index contributed by atoms with van der Waals surface area (Å²) in [6.07, 6.45) is -1.03. The van der Waals surface area contributed by atoms with Crippen LogP contribution >= 0.6 is 0 Å². The van der Waals surface area contributed by atoms with Gasteiger partial charge in [0.05, 0.1) is 22.4 Å². The van der Waals surface area contributed by atoms with Crippen LogP contribution in [0.2, 0.25) is 0 Å². The van der Waals surface area contributed by atoms with Crippen molar-refractivity contribution in [1.29, 1.82) is 0 Å². The Hall–Kier alpha value is -5.04. The fourth-order valence-corrected chi connectivity index (χ4v) is 4.53. The Bertz CT molecular complexity index is 1440. The molecule has 39 heavy (non-hydrogen) atoms. The highest BCUT2D eigenvalue weighted by Crippen LogP contribution is 2.28. The van der Waals surface area contributed by atoms with Crippen LogP contribution in [0.3, 0.4) is 0 Å². The number of hydrogen-bond acceptors (Lipinski definition) is 5. The first-order valence-electron chi connectivity index (χ1n) is 12.6. The van der Waals surface area contributed by atoms with Gasteiger partial charge in [0.2, 0.25) is 0 Å². The van der Waals surface area contributed by atoms with Crippen molar-refractivity contribution in [2.24, 2.45) is 0 Å². The van der Waals surface area contributed by atoms with Crippen molar-refractivity contribution in [3.05, 3.63) is 137 Å². The maximum absolute atomic E-state index is 13.4. The van der Waals surface area contributed by atoms with Gasteiger partial charge in [0.15, 0.2) is 6.10 Å². The van der Waals surface area contributed by atoms with E-state index < -0.39 is 23.9 Å². The molecule has 4 aromatic carbocycles. The van der Waals surface area contributed by atoms with Gasteiger partial charge in [-0.15, -0.1) is 0 Å². The molecule has 0 saturated carbocycles. The van der Waals surface area contributed by atoms with Crippen molar-refractivity contribution in [3.8, 4) is 0 Å². The minimum Gasteiger partial charge on any atom is -0.449 e. The van der Waals surface area contributed by atoms with Crippen molar-refractivity contribution in [3.63, 3.8) is 0 Å². The molecule has 1 aliphatic heterocycles. The van der Waals surface area contributed by atoms with Crippen molar-refractivity contribution < 1.29 is 23.9 Å². The van der Waals surface area contributed by atoms with Gasteiger partial charge in [0.1, 0.15) is 0 Å². The van der Waals surface area contributed by atoms with E-state index in [1.165, 1.54) is 24.3 Å². The number of imide groups is 1. The molecule has 0 saturated heterocycles. The van der Waals surface area contributed by atoms with Crippen LogP contribution in [0, 0.1) is 0 Å². The Labute approximate surface area is 226 Å². The van der Waals surface area contributed by atoms with Crippen LogP contribution < -0.4 is 4.90 Å². The van der Waals surface area contributed by atoms with Crippen LogP contribution in [0.25, 0.3) is 0 Å². The van der Waals surface area contributed by atoms with E-state index in [1.807, 2.05) is 60.7 Å². The van der Waals surface area contributed by atoms with Crippen LogP contribution in [-0.4, -0.2) is 34.7 Å². The number of ether oxygens (including phenoxy) is 1. The van der Waals surface area contributed by atoms with Crippen molar-refractivity contribution in [2.45, 2.75) is 26.1 Å². The zero-order valence-electron chi connectivity index (χ0n) is 21.3. The predicted molar refractivity (Wildman–Crippen MR) is 146 cm³/mol. The highest BCUT2D eigenvalue weighted by Gasteiger charge is 2.36. The van der Waals surface area contributed by atoms with Gasteiger partial charge < -0.3 is 9.64 Å². The highest BCUT2D eigenvalue weighted by molar-refractivity contribution is 6.34. The molecule has 1 atom stereocenters. The number of anilines is 1. The number of rotatable bonds is 8. The molecule has 0 bridgehead atoms. The number of fused-ring (bicyclic) bond motifs is 1. The zero-order chi connectivity index (χ0) is 27.4. The minimum atomic E-state index is -1.03. The fraction of sp³-hybridized carbons (Fsp3) is 0.125. The van der Waals surface area contributed by atoms with Gasteiger partial charge in [0, 0.05) is 13.1 Å². The molecule has 1 heterocycles. The molecule has 7 heteroatoms. The predicted octanol–water partition coefficient (Wildman–Crippen LogP) is 5.26. The Morgan fingerprint density at radius 2 is 1.15 bits per heavy atom. The molecule has 1 aliphatic rings. The zero-order valence-corrected chi connectivity index (χ0v) is 21.3. The van der Waals surface area contributed by atoms with Gasteiger partial charge in [-0.25, -0.2) is 9.69 Å². The molecule has 5 rings (SSSR count). The van der Waals surface area contributed by atoms with Crippen molar-refractivity contribution in [1.82, 2.24) is 4.90 Å². The Kier molecular flexibility index (Phi) is 7.32. The van der Waals surface area contributed by atoms with Crippen molar-refractivity contribution >= 4 is 29.4 Å². The standard InChI is InChI=1S/C32H26N2O5/c1-22(29(35)33(20-23-10-4-2-5-11-23)21-24-12-6-3-7-13-24)39-32(38)25-16-18-26(19-17-25)34-30(36)27-14-8-9-15-28(27)31(34)37/h2-19,22H,20-21H2,1H3/t22-/m0/s1. The molecule has 7 nitrogen and oxygen atoms in total. The molecule has 0 aliphatic carbocycles. The Morgan fingerprint density at radius 3 is 1.64 bits per heavy atom. The van der Waals surface area contributed by atoms with Gasteiger partial charge in [-0.1, -0.05) is 72.8 Å². The molecule has 0 aromatic heterocycles. The van der Waals surface area contributed by atoms with Crippen molar-refractivity contribution in [2.75, 3.05) is 4.90 Å². The maximum Gasteiger partial charge on any atom is 0.338 e. The van der Waals surface area contributed by atoms with Gasteiger partial charge >= 0.3 is 5.97 Å². The second kappa shape index (κ2) is 11.1. The smallest absolute Gasteiger partial charge is 0.338 e. The number of carbonyl (C=O) groups excluding carboxylic acids is 4. The average molecular weight is 519 g/mol. The fourth-order valence-electron chi connectivity index (χ4n) is 4.53. The van der Waals surface area contributed by atoms with E-state index in [4.69, 9.17) is 4.74 Å². The van der Waals surface area contributed by atoms with Gasteiger partial charge in [-0.2, -0.15) is 0 Å². The number of hydrogen-bond donors (Lipinski definition) is 0. The molecule has 4 aromatic rings. The summed E-state index contributed by atoms with van der Waals surface area (Å²) in [7, 11) is 0. The van der Waals surface area contributed by atoms with E-state index in [2.05, 4.69) is 0 Å². The largest absolute Gasteiger partial charge is 0.449 e. The summed E-state index contributed by atoms with van der Waals surface area (Å²) in [6, 6.07) is 31.9. The third-order valence-electron chi connectivity index (χ3n) is 6.53. The summed E-state index contributed by atoms with van der Waals surface area (Å²) < 4.78 is 5.54. The molecule has 0 fully saturated rings.